The van der Waals surface area contributed by atoms with Crippen LogP contribution in [0.2, 0.25) is 0 Å². The number of hydrogen-bond donors (Lipinski definition) is 0. The molecular weight excluding hydrogens is 358 g/mol. The first kappa shape index (κ1) is 16.9. The summed E-state index contributed by atoms with van der Waals surface area (Å²) in [6.45, 7) is 2.19. The Balaban J connectivity index is 1.61. The lowest BCUT2D eigenvalue weighted by atomic mass is 10.00. The fraction of sp³-hybridized carbons (Fsp3) is 0.263. The van der Waals surface area contributed by atoms with Gasteiger partial charge in [-0.05, 0) is 37.3 Å². The number of hydrogen-bond acceptors (Lipinski definition) is 4. The number of anilines is 1. The van der Waals surface area contributed by atoms with Crippen LogP contribution in [0.4, 0.5) is 14.5 Å². The van der Waals surface area contributed by atoms with Crippen LogP contribution in [-0.4, -0.2) is 17.4 Å². The number of amides is 1. The van der Waals surface area contributed by atoms with E-state index in [-0.39, 0.29) is 12.3 Å². The van der Waals surface area contributed by atoms with Gasteiger partial charge in [-0.1, -0.05) is 6.07 Å². The van der Waals surface area contributed by atoms with Gasteiger partial charge in [0.05, 0.1) is 22.7 Å². The number of oxazole rings is 1. The van der Waals surface area contributed by atoms with Crippen LogP contribution in [0.15, 0.2) is 34.1 Å². The molecule has 4 nitrogen and oxygen atoms in total. The summed E-state index contributed by atoms with van der Waals surface area (Å²) >= 11 is 1.50. The van der Waals surface area contributed by atoms with Gasteiger partial charge in [-0.15, -0.1) is 11.3 Å². The number of carbonyl (C=O) groups excluding carboxylic acids is 1. The van der Waals surface area contributed by atoms with E-state index >= 15 is 0 Å². The molecule has 0 aliphatic carbocycles. The molecule has 7 heteroatoms. The lowest BCUT2D eigenvalue weighted by molar-refractivity contribution is -0.118. The van der Waals surface area contributed by atoms with Gasteiger partial charge in [-0.3, -0.25) is 4.79 Å². The van der Waals surface area contributed by atoms with Crippen LogP contribution in [0.5, 0.6) is 0 Å². The molecule has 0 spiro atoms. The number of nitrogens with zero attached hydrogens (tertiary/aromatic N) is 2. The maximum Gasteiger partial charge on any atom is 0.236 e. The van der Waals surface area contributed by atoms with Crippen molar-refractivity contribution in [3.63, 3.8) is 0 Å². The third kappa shape index (κ3) is 3.03. The normalized spacial score (nSPS) is 13.7. The molecule has 3 aromatic rings. The first-order valence-corrected chi connectivity index (χ1v) is 9.19. The summed E-state index contributed by atoms with van der Waals surface area (Å²) < 4.78 is 33.3. The maximum absolute atomic E-state index is 14.0. The van der Waals surface area contributed by atoms with Crippen LogP contribution >= 0.6 is 11.3 Å². The van der Waals surface area contributed by atoms with Crippen LogP contribution in [0.25, 0.3) is 10.8 Å². The van der Waals surface area contributed by atoms with Crippen molar-refractivity contribution < 1.29 is 18.0 Å². The van der Waals surface area contributed by atoms with Gasteiger partial charge in [0, 0.05) is 18.2 Å². The quantitative estimate of drug-likeness (QED) is 0.678. The van der Waals surface area contributed by atoms with Crippen LogP contribution in [0, 0.1) is 18.6 Å². The second-order valence-corrected chi connectivity index (χ2v) is 7.16. The van der Waals surface area contributed by atoms with Crippen molar-refractivity contribution in [1.29, 1.82) is 0 Å². The number of aryl methyl sites for hydroxylation is 1. The SMILES string of the molecule is Cc1oc(-c2cccs2)nc1CC(=O)N1CCCc2c(F)cc(F)cc21. The monoisotopic (exact) mass is 374 g/mol. The Bertz CT molecular complexity index is 966. The van der Waals surface area contributed by atoms with E-state index in [1.54, 1.807) is 6.92 Å². The summed E-state index contributed by atoms with van der Waals surface area (Å²) in [6.07, 6.45) is 1.16. The number of carbonyl (C=O) groups is 1. The van der Waals surface area contributed by atoms with Gasteiger partial charge in [-0.2, -0.15) is 0 Å². The predicted octanol–water partition coefficient (Wildman–Crippen LogP) is 4.51. The molecule has 0 radical (unpaired) electrons. The fourth-order valence-corrected chi connectivity index (χ4v) is 3.86. The Morgan fingerprint density at radius 1 is 1.38 bits per heavy atom. The van der Waals surface area contributed by atoms with E-state index in [0.29, 0.717) is 48.0 Å². The van der Waals surface area contributed by atoms with Gasteiger partial charge in [-0.25, -0.2) is 13.8 Å². The number of benzene rings is 1. The number of rotatable bonds is 3. The van der Waals surface area contributed by atoms with Crippen molar-refractivity contribution in [3.8, 4) is 10.8 Å². The zero-order valence-electron chi connectivity index (χ0n) is 14.1. The standard InChI is InChI=1S/C19H16F2N2O2S/c1-11-15(22-19(25-11)17-5-3-7-26-17)10-18(24)23-6-2-4-13-14(21)8-12(20)9-16(13)23/h3,5,7-9H,2,4,6,10H2,1H3. The smallest absolute Gasteiger partial charge is 0.236 e. The summed E-state index contributed by atoms with van der Waals surface area (Å²) in [7, 11) is 0. The number of fused-ring (bicyclic) bond motifs is 1. The summed E-state index contributed by atoms with van der Waals surface area (Å²) in [5, 5.41) is 1.92. The first-order valence-electron chi connectivity index (χ1n) is 8.31. The summed E-state index contributed by atoms with van der Waals surface area (Å²) in [6, 6.07) is 5.89. The molecule has 26 heavy (non-hydrogen) atoms. The summed E-state index contributed by atoms with van der Waals surface area (Å²) in [5.74, 6) is -0.473. The third-order valence-electron chi connectivity index (χ3n) is 4.48. The molecule has 0 fully saturated rings. The maximum atomic E-state index is 14.0. The van der Waals surface area contributed by atoms with E-state index in [4.69, 9.17) is 4.42 Å². The fourth-order valence-electron chi connectivity index (χ4n) is 3.21. The Hall–Kier alpha value is -2.54. The van der Waals surface area contributed by atoms with Crippen LogP contribution < -0.4 is 4.90 Å². The minimum Gasteiger partial charge on any atom is -0.440 e. The highest BCUT2D eigenvalue weighted by molar-refractivity contribution is 7.13. The molecule has 2 aromatic heterocycles. The second kappa shape index (κ2) is 6.64. The average Bonchev–Trinajstić information content (AvgIpc) is 3.24. The van der Waals surface area contributed by atoms with Crippen molar-refractivity contribution in [2.45, 2.75) is 26.2 Å². The van der Waals surface area contributed by atoms with Crippen LogP contribution in [0.3, 0.4) is 0 Å². The van der Waals surface area contributed by atoms with Crippen molar-refractivity contribution in [2.24, 2.45) is 0 Å². The zero-order chi connectivity index (χ0) is 18.3. The molecule has 0 bridgehead atoms. The van der Waals surface area contributed by atoms with E-state index in [1.807, 2.05) is 17.5 Å². The lowest BCUT2D eigenvalue weighted by Gasteiger charge is -2.29. The molecule has 0 N–H and O–H groups in total. The van der Waals surface area contributed by atoms with E-state index in [2.05, 4.69) is 4.98 Å². The molecule has 0 unspecified atom stereocenters. The predicted molar refractivity (Wildman–Crippen MR) is 95.3 cm³/mol. The molecule has 1 aliphatic rings. The van der Waals surface area contributed by atoms with Crippen molar-refractivity contribution in [3.05, 3.63) is 58.3 Å². The minimum atomic E-state index is -0.682. The molecular formula is C19H16F2N2O2S. The van der Waals surface area contributed by atoms with Crippen molar-refractivity contribution in [2.75, 3.05) is 11.4 Å². The Morgan fingerprint density at radius 2 is 2.23 bits per heavy atom. The van der Waals surface area contributed by atoms with Crippen molar-refractivity contribution in [1.82, 2.24) is 4.98 Å². The van der Waals surface area contributed by atoms with Gasteiger partial charge in [0.2, 0.25) is 11.8 Å². The molecule has 1 amide bonds. The molecule has 0 atom stereocenters. The number of aromatic nitrogens is 1. The van der Waals surface area contributed by atoms with Gasteiger partial charge >= 0.3 is 0 Å². The highest BCUT2D eigenvalue weighted by Crippen LogP contribution is 2.31. The van der Waals surface area contributed by atoms with Gasteiger partial charge in [0.1, 0.15) is 17.4 Å². The van der Waals surface area contributed by atoms with E-state index in [9.17, 15) is 13.6 Å². The van der Waals surface area contributed by atoms with E-state index < -0.39 is 11.6 Å². The van der Waals surface area contributed by atoms with Gasteiger partial charge < -0.3 is 9.32 Å². The molecule has 4 rings (SSSR count). The van der Waals surface area contributed by atoms with Crippen LogP contribution in [-0.2, 0) is 17.6 Å². The van der Waals surface area contributed by atoms with E-state index in [0.717, 1.165) is 10.9 Å². The first-order chi connectivity index (χ1) is 12.5. The second-order valence-electron chi connectivity index (χ2n) is 6.21. The van der Waals surface area contributed by atoms with Gasteiger partial charge in [0.15, 0.2) is 0 Å². The summed E-state index contributed by atoms with van der Waals surface area (Å²) in [4.78, 5) is 19.6. The van der Waals surface area contributed by atoms with Crippen LogP contribution in [0.1, 0.15) is 23.4 Å². The molecule has 1 aromatic carbocycles. The zero-order valence-corrected chi connectivity index (χ0v) is 14.9. The summed E-state index contributed by atoms with van der Waals surface area (Å²) in [5.41, 5.74) is 1.25. The van der Waals surface area contributed by atoms with Crippen molar-refractivity contribution >= 4 is 22.9 Å². The molecule has 134 valence electrons. The Labute approximate surface area is 153 Å². The lowest BCUT2D eigenvalue weighted by Crippen LogP contribution is -2.37. The topological polar surface area (TPSA) is 46.3 Å². The largest absolute Gasteiger partial charge is 0.440 e. The molecule has 0 saturated carbocycles. The van der Waals surface area contributed by atoms with Gasteiger partial charge in [0.25, 0.3) is 0 Å². The molecule has 1 aliphatic heterocycles. The Morgan fingerprint density at radius 3 is 3.00 bits per heavy atom. The molecule has 3 heterocycles. The number of halogens is 2. The number of thiophene rings is 1. The molecule has 0 saturated heterocycles. The van der Waals surface area contributed by atoms with E-state index in [1.165, 1.54) is 22.3 Å². The highest BCUT2D eigenvalue weighted by atomic mass is 32.1. The third-order valence-corrected chi connectivity index (χ3v) is 5.34. The Kier molecular flexibility index (Phi) is 4.32. The minimum absolute atomic E-state index is 0.0261. The highest BCUT2D eigenvalue weighted by Gasteiger charge is 2.27. The average molecular weight is 374 g/mol.